The molecule has 3 heterocycles. The summed E-state index contributed by atoms with van der Waals surface area (Å²) in [7, 11) is 0. The number of hydrazine groups is 2. The van der Waals surface area contributed by atoms with Gasteiger partial charge in [0.05, 0.1) is 22.8 Å². The van der Waals surface area contributed by atoms with Crippen LogP contribution in [0.2, 0.25) is 0 Å². The molecule has 2 saturated heterocycles. The molecular formula is C18H29Cl3FeN7. The van der Waals surface area contributed by atoms with Gasteiger partial charge in [-0.2, -0.15) is 10.2 Å². The topological polar surface area (TPSA) is 68.2 Å². The van der Waals surface area contributed by atoms with Gasteiger partial charge in [0.2, 0.25) is 0 Å². The maximum absolute atomic E-state index is 4.75. The molecule has 165 valence electrons. The van der Waals surface area contributed by atoms with Crippen LogP contribution in [0.4, 0.5) is 0 Å². The largest absolute Gasteiger partial charge is 3.00 e. The third-order valence-corrected chi connectivity index (χ3v) is 4.64. The second-order valence-electron chi connectivity index (χ2n) is 6.90. The number of aromatic nitrogens is 1. The number of hydrazone groups is 2. The van der Waals surface area contributed by atoms with Gasteiger partial charge in [0.15, 0.2) is 0 Å². The molecule has 1 aromatic rings. The smallest absolute Gasteiger partial charge is 1.00 e. The summed E-state index contributed by atoms with van der Waals surface area (Å²) >= 11 is 0. The van der Waals surface area contributed by atoms with E-state index in [1.165, 1.54) is 25.7 Å². The summed E-state index contributed by atoms with van der Waals surface area (Å²) < 4.78 is 0. The molecule has 3 rings (SSSR count). The minimum atomic E-state index is 0. The Hall–Kier alpha value is -0.601. The Morgan fingerprint density at radius 3 is 1.48 bits per heavy atom. The summed E-state index contributed by atoms with van der Waals surface area (Å²) in [6.45, 7) is 10.3. The van der Waals surface area contributed by atoms with Gasteiger partial charge in [-0.1, -0.05) is 0 Å². The Bertz CT molecular complexity index is 609. The number of nitrogens with one attached hydrogen (secondary N) is 2. The summed E-state index contributed by atoms with van der Waals surface area (Å²) in [5, 5.41) is 13.3. The first-order valence-corrected chi connectivity index (χ1v) is 9.21. The average molecular weight is 506 g/mol. The molecule has 2 fully saturated rings. The van der Waals surface area contributed by atoms with E-state index in [9.17, 15) is 0 Å². The molecule has 2 aliphatic heterocycles. The molecule has 0 saturated carbocycles. The first-order chi connectivity index (χ1) is 12.1. The van der Waals surface area contributed by atoms with Gasteiger partial charge in [-0.15, -0.1) is 0 Å². The minimum Gasteiger partial charge on any atom is -1.00 e. The molecule has 0 amide bonds. The van der Waals surface area contributed by atoms with E-state index in [0.717, 1.165) is 54.6 Å². The average Bonchev–Trinajstić information content (AvgIpc) is 3.30. The quantitative estimate of drug-likeness (QED) is 0.229. The predicted molar refractivity (Wildman–Crippen MR) is 101 cm³/mol. The van der Waals surface area contributed by atoms with Gasteiger partial charge < -0.3 is 37.2 Å². The van der Waals surface area contributed by atoms with Crippen molar-refractivity contribution in [2.75, 3.05) is 26.2 Å². The Balaban J connectivity index is 0. The van der Waals surface area contributed by atoms with Gasteiger partial charge in [0.25, 0.3) is 0 Å². The van der Waals surface area contributed by atoms with Crippen LogP contribution in [-0.4, -0.2) is 52.6 Å². The normalized spacial score (nSPS) is 17.5. The summed E-state index contributed by atoms with van der Waals surface area (Å²) in [5.41, 5.74) is 11.0. The van der Waals surface area contributed by atoms with E-state index in [-0.39, 0.29) is 54.3 Å². The van der Waals surface area contributed by atoms with E-state index < -0.39 is 0 Å². The molecule has 0 aliphatic carbocycles. The molecule has 0 atom stereocenters. The van der Waals surface area contributed by atoms with Crippen LogP contribution >= 0.6 is 0 Å². The third kappa shape index (κ3) is 9.38. The molecule has 1 aromatic heterocycles. The second-order valence-corrected chi connectivity index (χ2v) is 6.90. The number of nitrogens with zero attached hydrogens (tertiary/aromatic N) is 5. The number of hydrogen-bond donors (Lipinski definition) is 2. The van der Waals surface area contributed by atoms with Crippen LogP contribution in [0, 0.1) is 6.92 Å². The minimum absolute atomic E-state index is 0. The van der Waals surface area contributed by atoms with Gasteiger partial charge in [0, 0.05) is 26.2 Å². The molecule has 0 unspecified atom stereocenters. The van der Waals surface area contributed by atoms with E-state index in [1.54, 1.807) is 0 Å². The molecule has 2 aliphatic rings. The molecule has 1 radical (unpaired) electrons. The Kier molecular flexibility index (Phi) is 16.1. The molecule has 0 spiro atoms. The fourth-order valence-electron chi connectivity index (χ4n) is 3.08. The fraction of sp³-hybridized carbons (Fsp3) is 0.611. The van der Waals surface area contributed by atoms with Gasteiger partial charge in [-0.3, -0.25) is 0 Å². The maximum atomic E-state index is 4.75. The molecule has 7 nitrogen and oxygen atoms in total. The van der Waals surface area contributed by atoms with E-state index in [1.807, 2.05) is 13.8 Å². The van der Waals surface area contributed by atoms with E-state index >= 15 is 0 Å². The van der Waals surface area contributed by atoms with Crippen LogP contribution in [0.25, 0.3) is 0 Å². The molecule has 0 aromatic carbocycles. The Morgan fingerprint density at radius 2 is 1.14 bits per heavy atom. The predicted octanol–water partition coefficient (Wildman–Crippen LogP) is -6.95. The molecule has 2 N–H and O–H groups in total. The van der Waals surface area contributed by atoms with Crippen molar-refractivity contribution in [3.63, 3.8) is 0 Å². The zero-order chi connectivity index (χ0) is 17.6. The van der Waals surface area contributed by atoms with Crippen LogP contribution in [-0.2, 0) is 17.1 Å². The summed E-state index contributed by atoms with van der Waals surface area (Å²) in [5.74, 6) is 0. The fourth-order valence-corrected chi connectivity index (χ4v) is 3.08. The van der Waals surface area contributed by atoms with E-state index in [4.69, 9.17) is 4.98 Å². The van der Waals surface area contributed by atoms with Crippen LogP contribution in [0.15, 0.2) is 22.3 Å². The van der Waals surface area contributed by atoms with Crippen LogP contribution in [0.3, 0.4) is 0 Å². The van der Waals surface area contributed by atoms with Gasteiger partial charge in [0.1, 0.15) is 0 Å². The van der Waals surface area contributed by atoms with Crippen molar-refractivity contribution < 1.29 is 54.3 Å². The molecule has 29 heavy (non-hydrogen) atoms. The molecule has 0 bridgehead atoms. The molecular weight excluding hydrogens is 476 g/mol. The number of pyridine rings is 1. The van der Waals surface area contributed by atoms with Gasteiger partial charge >= 0.3 is 17.1 Å². The first-order valence-electron chi connectivity index (χ1n) is 9.21. The maximum Gasteiger partial charge on any atom is 3.00 e. The van der Waals surface area contributed by atoms with Crippen molar-refractivity contribution in [3.05, 3.63) is 29.1 Å². The zero-order valence-corrected chi connectivity index (χ0v) is 20.4. The third-order valence-electron chi connectivity index (χ3n) is 4.64. The Morgan fingerprint density at radius 1 is 0.793 bits per heavy atom. The monoisotopic (exact) mass is 504 g/mol. The first kappa shape index (κ1) is 30.6. The van der Waals surface area contributed by atoms with Crippen LogP contribution in [0.5, 0.6) is 0 Å². The van der Waals surface area contributed by atoms with Crippen molar-refractivity contribution in [3.8, 4) is 0 Å². The standard InChI is InChI=1S/C18H29N7.3ClH.Fe/c1-14-12-17(15(2)20-22-24-8-4-5-9-24)19-18(13-14)16(3)21-23-25-10-6-7-11-25;;;;/h12-13,22-23H,4-11H2,1-3H3;3*1H;/q;;;;+3/p-3. The Labute approximate surface area is 203 Å². The number of hydrogen-bond acceptors (Lipinski definition) is 7. The van der Waals surface area contributed by atoms with Crippen molar-refractivity contribution in [2.24, 2.45) is 10.2 Å². The summed E-state index contributed by atoms with van der Waals surface area (Å²) in [4.78, 5) is 4.75. The van der Waals surface area contributed by atoms with E-state index in [2.05, 4.69) is 50.3 Å². The summed E-state index contributed by atoms with van der Waals surface area (Å²) in [6.07, 6.45) is 4.92. The van der Waals surface area contributed by atoms with Crippen molar-refractivity contribution in [2.45, 2.75) is 46.5 Å². The SMILES string of the molecule is CC(=NNN1CCCC1)c1cc(C)cc(C(C)=NNN2CCCC2)n1.[Cl-].[Cl-].[Cl-].[Fe+3]. The van der Waals surface area contributed by atoms with Crippen molar-refractivity contribution in [1.82, 2.24) is 26.1 Å². The van der Waals surface area contributed by atoms with E-state index in [0.29, 0.717) is 0 Å². The summed E-state index contributed by atoms with van der Waals surface area (Å²) in [6, 6.07) is 4.13. The zero-order valence-electron chi connectivity index (χ0n) is 17.0. The van der Waals surface area contributed by atoms with Gasteiger partial charge in [-0.05, 0) is 64.2 Å². The molecule has 11 heteroatoms. The number of halogens is 3. The van der Waals surface area contributed by atoms with Crippen molar-refractivity contribution >= 4 is 11.4 Å². The second kappa shape index (κ2) is 15.2. The number of aryl methyl sites for hydroxylation is 1. The van der Waals surface area contributed by atoms with Crippen molar-refractivity contribution in [1.29, 1.82) is 0 Å². The number of rotatable bonds is 6. The van der Waals surface area contributed by atoms with Crippen LogP contribution in [0.1, 0.15) is 56.5 Å². The van der Waals surface area contributed by atoms with Crippen LogP contribution < -0.4 is 48.3 Å². The van der Waals surface area contributed by atoms with Gasteiger partial charge in [-0.25, -0.2) is 26.1 Å².